The Morgan fingerprint density at radius 3 is 2.53 bits per heavy atom. The highest BCUT2D eigenvalue weighted by Gasteiger charge is 2.26. The Kier molecular flexibility index (Phi) is 4.88. The number of piperazine rings is 1. The third-order valence-corrected chi connectivity index (χ3v) is 2.81. The Balaban J connectivity index is 2.29. The predicted octanol–water partition coefficient (Wildman–Crippen LogP) is 0.696. The topological polar surface area (TPSA) is 40.6 Å². The van der Waals surface area contributed by atoms with Crippen LogP contribution in [0.2, 0.25) is 0 Å². The molecular weight excluding hydrogens is 216 g/mol. The van der Waals surface area contributed by atoms with Crippen molar-refractivity contribution < 1.29 is 9.59 Å². The lowest BCUT2D eigenvalue weighted by atomic mass is 10.2. The molecule has 0 atom stereocenters. The maximum absolute atomic E-state index is 11.5. The molecule has 0 aliphatic carbocycles. The largest absolute Gasteiger partial charge is 0.335 e. The van der Waals surface area contributed by atoms with E-state index in [1.165, 1.54) is 4.90 Å². The van der Waals surface area contributed by atoms with Gasteiger partial charge in [0.05, 0.1) is 13.1 Å². The Labute approximate surface area is 95.2 Å². The molecule has 1 rings (SSSR count). The Morgan fingerprint density at radius 2 is 1.87 bits per heavy atom. The van der Waals surface area contributed by atoms with Gasteiger partial charge >= 0.3 is 0 Å². The Morgan fingerprint density at radius 1 is 1.13 bits per heavy atom. The number of carbonyl (C=O) groups is 2. The summed E-state index contributed by atoms with van der Waals surface area (Å²) in [5.74, 6) is 0.727. The summed E-state index contributed by atoms with van der Waals surface area (Å²) in [5.41, 5.74) is 0. The second-order valence-corrected chi connectivity index (χ2v) is 4.19. The fraction of sp³-hybridized carbons (Fsp3) is 0.800. The first kappa shape index (κ1) is 12.3. The second kappa shape index (κ2) is 5.95. The number of hydrogen-bond acceptors (Lipinski definition) is 2. The van der Waals surface area contributed by atoms with E-state index in [0.29, 0.717) is 12.4 Å². The minimum atomic E-state index is 0.0203. The van der Waals surface area contributed by atoms with Crippen molar-refractivity contribution in [3.05, 3.63) is 0 Å². The molecule has 86 valence electrons. The quantitative estimate of drug-likeness (QED) is 0.517. The third kappa shape index (κ3) is 3.70. The molecule has 0 unspecified atom stereocenters. The number of nitrogens with zero attached hydrogens (tertiary/aromatic N) is 2. The van der Waals surface area contributed by atoms with E-state index in [4.69, 9.17) is 11.6 Å². The average molecular weight is 233 g/mol. The first-order chi connectivity index (χ1) is 7.15. The SMILES string of the molecule is CN1CC(=O)N(CCCCCCl)CC1=O. The Hall–Kier alpha value is -0.770. The van der Waals surface area contributed by atoms with Gasteiger partial charge < -0.3 is 9.80 Å². The van der Waals surface area contributed by atoms with Gasteiger partial charge in [0.15, 0.2) is 0 Å². The lowest BCUT2D eigenvalue weighted by molar-refractivity contribution is -0.148. The van der Waals surface area contributed by atoms with E-state index in [-0.39, 0.29) is 24.9 Å². The zero-order valence-corrected chi connectivity index (χ0v) is 9.79. The van der Waals surface area contributed by atoms with Gasteiger partial charge in [-0.05, 0) is 12.8 Å². The normalized spacial score (nSPS) is 17.5. The van der Waals surface area contributed by atoms with Gasteiger partial charge in [-0.25, -0.2) is 0 Å². The zero-order valence-electron chi connectivity index (χ0n) is 9.04. The third-order valence-electron chi connectivity index (χ3n) is 2.54. The van der Waals surface area contributed by atoms with Crippen molar-refractivity contribution in [3.63, 3.8) is 0 Å². The molecule has 1 heterocycles. The van der Waals surface area contributed by atoms with E-state index in [9.17, 15) is 9.59 Å². The van der Waals surface area contributed by atoms with Crippen LogP contribution in [0.25, 0.3) is 0 Å². The fourth-order valence-corrected chi connectivity index (χ4v) is 1.73. The van der Waals surface area contributed by atoms with Crippen LogP contribution in [0.5, 0.6) is 0 Å². The first-order valence-corrected chi connectivity index (χ1v) is 5.76. The van der Waals surface area contributed by atoms with Gasteiger partial charge in [-0.15, -0.1) is 11.6 Å². The van der Waals surface area contributed by atoms with Crippen molar-refractivity contribution >= 4 is 23.4 Å². The zero-order chi connectivity index (χ0) is 11.3. The number of rotatable bonds is 5. The van der Waals surface area contributed by atoms with E-state index in [1.807, 2.05) is 0 Å². The van der Waals surface area contributed by atoms with Crippen LogP contribution in [0.4, 0.5) is 0 Å². The molecule has 1 saturated heterocycles. The summed E-state index contributed by atoms with van der Waals surface area (Å²) in [4.78, 5) is 26.0. The molecule has 0 bridgehead atoms. The van der Waals surface area contributed by atoms with Crippen molar-refractivity contribution in [1.82, 2.24) is 9.80 Å². The van der Waals surface area contributed by atoms with Crippen LogP contribution in [0, 0.1) is 0 Å². The van der Waals surface area contributed by atoms with Gasteiger partial charge in [-0.2, -0.15) is 0 Å². The van der Waals surface area contributed by atoms with E-state index in [0.717, 1.165) is 19.3 Å². The standard InChI is InChI=1S/C10H17ClN2O2/c1-12-7-10(15)13(8-9(12)14)6-4-2-3-5-11/h2-8H2,1H3. The van der Waals surface area contributed by atoms with Crippen molar-refractivity contribution in [3.8, 4) is 0 Å². The minimum absolute atomic E-state index is 0.0203. The van der Waals surface area contributed by atoms with Gasteiger partial charge in [0, 0.05) is 19.5 Å². The first-order valence-electron chi connectivity index (χ1n) is 5.23. The maximum Gasteiger partial charge on any atom is 0.242 e. The van der Waals surface area contributed by atoms with Gasteiger partial charge in [0.1, 0.15) is 0 Å². The summed E-state index contributed by atoms with van der Waals surface area (Å²) in [6.07, 6.45) is 2.91. The Bertz CT molecular complexity index is 246. The maximum atomic E-state index is 11.5. The summed E-state index contributed by atoms with van der Waals surface area (Å²) in [7, 11) is 1.66. The van der Waals surface area contributed by atoms with E-state index >= 15 is 0 Å². The molecule has 0 aromatic heterocycles. The molecule has 5 heteroatoms. The molecule has 0 radical (unpaired) electrons. The molecule has 2 amide bonds. The smallest absolute Gasteiger partial charge is 0.242 e. The molecule has 0 aromatic rings. The van der Waals surface area contributed by atoms with Gasteiger partial charge in [-0.1, -0.05) is 6.42 Å². The van der Waals surface area contributed by atoms with Crippen LogP contribution in [0.1, 0.15) is 19.3 Å². The molecule has 1 aliphatic heterocycles. The number of hydrogen-bond donors (Lipinski definition) is 0. The number of unbranched alkanes of at least 4 members (excludes halogenated alkanes) is 2. The number of amides is 2. The van der Waals surface area contributed by atoms with E-state index in [1.54, 1.807) is 11.9 Å². The predicted molar refractivity (Wildman–Crippen MR) is 58.8 cm³/mol. The minimum Gasteiger partial charge on any atom is -0.335 e. The number of alkyl halides is 1. The van der Waals surface area contributed by atoms with Gasteiger partial charge in [-0.3, -0.25) is 9.59 Å². The van der Waals surface area contributed by atoms with E-state index in [2.05, 4.69) is 0 Å². The molecule has 0 spiro atoms. The van der Waals surface area contributed by atoms with Crippen LogP contribution in [-0.4, -0.2) is 54.2 Å². The molecule has 4 nitrogen and oxygen atoms in total. The van der Waals surface area contributed by atoms with Crippen molar-refractivity contribution in [2.24, 2.45) is 0 Å². The van der Waals surface area contributed by atoms with Crippen LogP contribution in [0.15, 0.2) is 0 Å². The summed E-state index contributed by atoms with van der Waals surface area (Å²) in [6.45, 7) is 1.12. The highest BCUT2D eigenvalue weighted by molar-refractivity contribution is 6.17. The number of carbonyl (C=O) groups excluding carboxylic acids is 2. The molecule has 0 N–H and O–H groups in total. The molecule has 1 aliphatic rings. The lowest BCUT2D eigenvalue weighted by Crippen LogP contribution is -2.52. The highest BCUT2D eigenvalue weighted by atomic mass is 35.5. The van der Waals surface area contributed by atoms with Crippen molar-refractivity contribution in [2.75, 3.05) is 32.6 Å². The molecule has 15 heavy (non-hydrogen) atoms. The highest BCUT2D eigenvalue weighted by Crippen LogP contribution is 2.06. The molecular formula is C10H17ClN2O2. The van der Waals surface area contributed by atoms with Gasteiger partial charge in [0.2, 0.25) is 11.8 Å². The van der Waals surface area contributed by atoms with Crippen molar-refractivity contribution in [1.29, 1.82) is 0 Å². The summed E-state index contributed by atoms with van der Waals surface area (Å²) < 4.78 is 0. The number of halogens is 1. The number of likely N-dealkylation sites (N-methyl/N-ethyl adjacent to an activating group) is 1. The fourth-order valence-electron chi connectivity index (χ4n) is 1.54. The van der Waals surface area contributed by atoms with Crippen LogP contribution in [-0.2, 0) is 9.59 Å². The average Bonchev–Trinajstić information content (AvgIpc) is 2.20. The van der Waals surface area contributed by atoms with E-state index < -0.39 is 0 Å². The summed E-state index contributed by atoms with van der Waals surface area (Å²) in [5, 5.41) is 0. The van der Waals surface area contributed by atoms with Crippen LogP contribution >= 0.6 is 11.6 Å². The second-order valence-electron chi connectivity index (χ2n) is 3.81. The van der Waals surface area contributed by atoms with Crippen molar-refractivity contribution in [2.45, 2.75) is 19.3 Å². The summed E-state index contributed by atoms with van der Waals surface area (Å²) >= 11 is 5.55. The molecule has 1 fully saturated rings. The van der Waals surface area contributed by atoms with Gasteiger partial charge in [0.25, 0.3) is 0 Å². The molecule has 0 aromatic carbocycles. The van der Waals surface area contributed by atoms with Crippen LogP contribution in [0.3, 0.4) is 0 Å². The lowest BCUT2D eigenvalue weighted by Gasteiger charge is -2.31. The van der Waals surface area contributed by atoms with Crippen LogP contribution < -0.4 is 0 Å². The monoisotopic (exact) mass is 232 g/mol. The molecule has 0 saturated carbocycles. The summed E-state index contributed by atoms with van der Waals surface area (Å²) in [6, 6.07) is 0.